The smallest absolute Gasteiger partial charge is 0.334 e. The van der Waals surface area contributed by atoms with Crippen LogP contribution in [0.15, 0.2) is 11.1 Å². The van der Waals surface area contributed by atoms with Crippen molar-refractivity contribution in [2.45, 2.75) is 85.0 Å². The second kappa shape index (κ2) is 12.1. The van der Waals surface area contributed by atoms with Gasteiger partial charge in [-0.2, -0.15) is 0 Å². The fourth-order valence-electron chi connectivity index (χ4n) is 3.18. The minimum Gasteiger partial charge on any atom is -0.462 e. The molecule has 0 bridgehead atoms. The van der Waals surface area contributed by atoms with Crippen LogP contribution in [0.1, 0.15) is 85.0 Å². The molecular weight excluding hydrogens is 304 g/mol. The molecule has 0 atom stereocenters. The van der Waals surface area contributed by atoms with E-state index in [1.54, 1.807) is 0 Å². The molecule has 0 aromatic carbocycles. The van der Waals surface area contributed by atoms with E-state index in [1.807, 2.05) is 13.8 Å². The number of rotatable bonds is 10. The molecule has 0 aliphatic heterocycles. The molecule has 1 fully saturated rings. The van der Waals surface area contributed by atoms with Crippen molar-refractivity contribution in [2.75, 3.05) is 13.2 Å². The Hall–Kier alpha value is -1.32. The molecule has 0 radical (unpaired) electrons. The third-order valence-electron chi connectivity index (χ3n) is 4.46. The summed E-state index contributed by atoms with van der Waals surface area (Å²) in [5.74, 6) is -0.480. The highest BCUT2D eigenvalue weighted by Crippen LogP contribution is 2.34. The van der Waals surface area contributed by atoms with Crippen LogP contribution in [0.5, 0.6) is 0 Å². The lowest BCUT2D eigenvalue weighted by Gasteiger charge is -2.25. The zero-order valence-electron chi connectivity index (χ0n) is 15.7. The van der Waals surface area contributed by atoms with E-state index in [0.29, 0.717) is 30.8 Å². The van der Waals surface area contributed by atoms with Gasteiger partial charge in [0.25, 0.3) is 0 Å². The number of carbonyl (C=O) groups excluding carboxylic acids is 2. The van der Waals surface area contributed by atoms with E-state index in [2.05, 4.69) is 6.92 Å². The van der Waals surface area contributed by atoms with Gasteiger partial charge in [-0.05, 0) is 44.4 Å². The maximum Gasteiger partial charge on any atom is 0.334 e. The zero-order chi connectivity index (χ0) is 17.8. The Morgan fingerprint density at radius 1 is 0.833 bits per heavy atom. The van der Waals surface area contributed by atoms with Gasteiger partial charge in [-0.1, -0.05) is 46.5 Å². The molecule has 0 heterocycles. The maximum absolute atomic E-state index is 12.7. The first-order chi connectivity index (χ1) is 11.7. The molecule has 0 aromatic rings. The van der Waals surface area contributed by atoms with Gasteiger partial charge in [0.15, 0.2) is 0 Å². The van der Waals surface area contributed by atoms with Crippen molar-refractivity contribution in [2.24, 2.45) is 5.92 Å². The minimum absolute atomic E-state index is 0.143. The number of ether oxygens (including phenoxy) is 2. The van der Waals surface area contributed by atoms with E-state index in [-0.39, 0.29) is 17.9 Å². The second-order valence-electron chi connectivity index (χ2n) is 6.60. The molecule has 0 spiro atoms. The Balaban J connectivity index is 3.12. The largest absolute Gasteiger partial charge is 0.462 e. The lowest BCUT2D eigenvalue weighted by atomic mass is 9.81. The van der Waals surface area contributed by atoms with E-state index in [9.17, 15) is 9.59 Å². The summed E-state index contributed by atoms with van der Waals surface area (Å²) in [6, 6.07) is 0. The summed E-state index contributed by atoms with van der Waals surface area (Å²) in [6.45, 7) is 6.84. The molecule has 4 heteroatoms. The average Bonchev–Trinajstić information content (AvgIpc) is 2.61. The van der Waals surface area contributed by atoms with E-state index >= 15 is 0 Å². The number of unbranched alkanes of at least 4 members (excludes halogenated alkanes) is 1. The predicted octanol–water partition coefficient (Wildman–Crippen LogP) is 4.96. The number of esters is 2. The predicted molar refractivity (Wildman–Crippen MR) is 95.6 cm³/mol. The van der Waals surface area contributed by atoms with Crippen LogP contribution in [-0.4, -0.2) is 25.2 Å². The minimum atomic E-state index is -0.320. The highest BCUT2D eigenvalue weighted by atomic mass is 16.5. The van der Waals surface area contributed by atoms with Gasteiger partial charge in [-0.25, -0.2) is 9.59 Å². The summed E-state index contributed by atoms with van der Waals surface area (Å²) >= 11 is 0. The van der Waals surface area contributed by atoms with Gasteiger partial charge >= 0.3 is 11.9 Å². The van der Waals surface area contributed by atoms with Crippen molar-refractivity contribution >= 4 is 11.9 Å². The van der Waals surface area contributed by atoms with Gasteiger partial charge in [0, 0.05) is 5.57 Å². The zero-order valence-corrected chi connectivity index (χ0v) is 15.7. The lowest BCUT2D eigenvalue weighted by molar-refractivity contribution is -0.143. The highest BCUT2D eigenvalue weighted by Gasteiger charge is 2.30. The molecule has 0 unspecified atom stereocenters. The Kier molecular flexibility index (Phi) is 10.4. The van der Waals surface area contributed by atoms with Crippen LogP contribution in [-0.2, 0) is 19.1 Å². The van der Waals surface area contributed by atoms with Crippen LogP contribution >= 0.6 is 0 Å². The number of carbonyl (C=O) groups is 2. The first kappa shape index (κ1) is 20.7. The van der Waals surface area contributed by atoms with Crippen molar-refractivity contribution in [1.82, 2.24) is 0 Å². The molecular formula is C20H34O4. The number of hydrogen-bond donors (Lipinski definition) is 0. The Bertz CT molecular complexity index is 419. The Morgan fingerprint density at radius 3 is 1.96 bits per heavy atom. The topological polar surface area (TPSA) is 52.6 Å². The lowest BCUT2D eigenvalue weighted by Crippen LogP contribution is -2.24. The third kappa shape index (κ3) is 6.66. The fourth-order valence-corrected chi connectivity index (χ4v) is 3.18. The Morgan fingerprint density at radius 2 is 1.42 bits per heavy atom. The highest BCUT2D eigenvalue weighted by molar-refractivity contribution is 6.00. The first-order valence-corrected chi connectivity index (χ1v) is 9.72. The molecule has 1 aliphatic carbocycles. The van der Waals surface area contributed by atoms with E-state index < -0.39 is 0 Å². The van der Waals surface area contributed by atoms with E-state index in [1.165, 1.54) is 6.42 Å². The average molecular weight is 338 g/mol. The van der Waals surface area contributed by atoms with Crippen molar-refractivity contribution in [3.8, 4) is 0 Å². The monoisotopic (exact) mass is 338 g/mol. The normalized spacial score (nSPS) is 16.5. The maximum atomic E-state index is 12.7. The second-order valence-corrected chi connectivity index (χ2v) is 6.60. The molecule has 4 nitrogen and oxygen atoms in total. The molecule has 1 saturated carbocycles. The van der Waals surface area contributed by atoms with Crippen molar-refractivity contribution in [1.29, 1.82) is 0 Å². The van der Waals surface area contributed by atoms with Gasteiger partial charge in [0.05, 0.1) is 18.8 Å². The third-order valence-corrected chi connectivity index (χ3v) is 4.46. The molecule has 0 saturated heterocycles. The number of hydrogen-bond acceptors (Lipinski definition) is 4. The van der Waals surface area contributed by atoms with E-state index in [4.69, 9.17) is 9.47 Å². The van der Waals surface area contributed by atoms with Crippen LogP contribution < -0.4 is 0 Å². The molecule has 0 amide bonds. The van der Waals surface area contributed by atoms with Gasteiger partial charge < -0.3 is 9.47 Å². The Labute approximate surface area is 147 Å². The van der Waals surface area contributed by atoms with Crippen LogP contribution in [0.25, 0.3) is 0 Å². The summed E-state index contributed by atoms with van der Waals surface area (Å²) in [6.07, 6.45) is 9.39. The van der Waals surface area contributed by atoms with Crippen molar-refractivity contribution in [3.05, 3.63) is 11.1 Å². The van der Waals surface area contributed by atoms with Gasteiger partial charge in [-0.3, -0.25) is 0 Å². The van der Waals surface area contributed by atoms with Crippen LogP contribution in [0.4, 0.5) is 0 Å². The first-order valence-electron chi connectivity index (χ1n) is 9.72. The van der Waals surface area contributed by atoms with Crippen LogP contribution in [0.2, 0.25) is 0 Å². The molecule has 24 heavy (non-hydrogen) atoms. The summed E-state index contributed by atoms with van der Waals surface area (Å²) in [5, 5.41) is 0. The molecule has 138 valence electrons. The van der Waals surface area contributed by atoms with Crippen LogP contribution in [0.3, 0.4) is 0 Å². The van der Waals surface area contributed by atoms with Crippen molar-refractivity contribution < 1.29 is 19.1 Å². The molecule has 1 aliphatic rings. The fraction of sp³-hybridized carbons (Fsp3) is 0.800. The summed E-state index contributed by atoms with van der Waals surface area (Å²) in [7, 11) is 0. The SMILES string of the molecule is CCCCC(C(=O)OCCC)=C(C(=O)OCCC)C1CCCCC1. The summed E-state index contributed by atoms with van der Waals surface area (Å²) < 4.78 is 10.8. The summed E-state index contributed by atoms with van der Waals surface area (Å²) in [4.78, 5) is 25.3. The van der Waals surface area contributed by atoms with Gasteiger partial charge in [-0.15, -0.1) is 0 Å². The molecule has 1 rings (SSSR count). The van der Waals surface area contributed by atoms with Gasteiger partial charge in [0.2, 0.25) is 0 Å². The molecule has 0 N–H and O–H groups in total. The van der Waals surface area contributed by atoms with Crippen molar-refractivity contribution in [3.63, 3.8) is 0 Å². The quantitative estimate of drug-likeness (QED) is 0.417. The van der Waals surface area contributed by atoms with E-state index in [0.717, 1.165) is 51.4 Å². The summed E-state index contributed by atoms with van der Waals surface area (Å²) in [5.41, 5.74) is 1.18. The molecule has 0 aromatic heterocycles. The standard InChI is InChI=1S/C20H34O4/c1-4-7-13-17(19(21)23-14-5-2)18(20(22)24-15-6-3)16-11-9-8-10-12-16/h16H,4-15H2,1-3H3. The van der Waals surface area contributed by atoms with Gasteiger partial charge in [0.1, 0.15) is 0 Å². The van der Waals surface area contributed by atoms with Crippen LogP contribution in [0, 0.1) is 5.92 Å².